The van der Waals surface area contributed by atoms with E-state index in [0.717, 1.165) is 81.5 Å². The van der Waals surface area contributed by atoms with Gasteiger partial charge in [0.15, 0.2) is 0 Å². The molecule has 0 radical (unpaired) electrons. The smallest absolute Gasteiger partial charge is 0.107 e. The van der Waals surface area contributed by atoms with Crippen LogP contribution >= 0.6 is 0 Å². The summed E-state index contributed by atoms with van der Waals surface area (Å²) in [6, 6.07) is 13.1. The molecule has 1 fully saturated rings. The van der Waals surface area contributed by atoms with Gasteiger partial charge in [0.05, 0.1) is 12.2 Å². The van der Waals surface area contributed by atoms with Gasteiger partial charge in [0.2, 0.25) is 0 Å². The molecule has 2 heterocycles. The number of anilines is 4. The van der Waals surface area contributed by atoms with Crippen molar-refractivity contribution in [2.75, 3.05) is 21.3 Å². The molecule has 6 nitrogen and oxygen atoms in total. The third kappa shape index (κ3) is 3.86. The molecule has 0 atom stereocenters. The van der Waals surface area contributed by atoms with Crippen LogP contribution in [0.2, 0.25) is 0 Å². The maximum Gasteiger partial charge on any atom is 0.107 e. The highest BCUT2D eigenvalue weighted by molar-refractivity contribution is 6.10. The van der Waals surface area contributed by atoms with E-state index in [-0.39, 0.29) is 23.2 Å². The molecule has 0 bridgehead atoms. The molecule has 4 aromatic rings. The average molecular weight is 593 g/mol. The fourth-order valence-electron chi connectivity index (χ4n) is 8.44. The van der Waals surface area contributed by atoms with Crippen LogP contribution in [0.3, 0.4) is 0 Å². The van der Waals surface area contributed by atoms with Crippen LogP contribution in [0.25, 0.3) is 21.5 Å². The summed E-state index contributed by atoms with van der Waals surface area (Å²) in [5.41, 5.74) is 11.0. The zero-order chi connectivity index (χ0) is 31.3. The Bertz CT molecular complexity index is 1650. The second kappa shape index (κ2) is 10.0. The number of rotatable bonds is 6. The molecular weight excluding hydrogens is 544 g/mol. The molecule has 1 aliphatic carbocycles. The summed E-state index contributed by atoms with van der Waals surface area (Å²) in [6.45, 7) is 17.5. The van der Waals surface area contributed by atoms with Crippen molar-refractivity contribution >= 4 is 44.3 Å². The molecule has 1 saturated carbocycles. The van der Waals surface area contributed by atoms with Crippen molar-refractivity contribution in [1.82, 2.24) is 0 Å². The van der Waals surface area contributed by atoms with Crippen LogP contribution in [0.15, 0.2) is 36.4 Å². The van der Waals surface area contributed by atoms with E-state index < -0.39 is 12.2 Å². The summed E-state index contributed by atoms with van der Waals surface area (Å²) >= 11 is 0. The summed E-state index contributed by atoms with van der Waals surface area (Å²) in [4.78, 5) is 0. The second-order valence-corrected chi connectivity index (χ2v) is 13.8. The van der Waals surface area contributed by atoms with E-state index in [0.29, 0.717) is 0 Å². The zero-order valence-corrected chi connectivity index (χ0v) is 27.5. The molecule has 232 valence electrons. The molecule has 0 amide bonds. The van der Waals surface area contributed by atoms with Crippen molar-refractivity contribution in [3.63, 3.8) is 0 Å². The third-order valence-corrected chi connectivity index (χ3v) is 11.5. The summed E-state index contributed by atoms with van der Waals surface area (Å²) in [6.07, 6.45) is 2.42. The van der Waals surface area contributed by atoms with E-state index >= 15 is 0 Å². The van der Waals surface area contributed by atoms with Gasteiger partial charge in [-0.3, -0.25) is 0 Å². The van der Waals surface area contributed by atoms with Crippen molar-refractivity contribution in [1.29, 1.82) is 0 Å². The molecule has 2 aliphatic heterocycles. The van der Waals surface area contributed by atoms with Crippen LogP contribution in [-0.2, 0) is 0 Å². The fraction of sp³-hybridized carbons (Fsp3) is 0.474. The lowest BCUT2D eigenvalue weighted by Gasteiger charge is -2.49. The third-order valence-electron chi connectivity index (χ3n) is 11.5. The van der Waals surface area contributed by atoms with Crippen molar-refractivity contribution in [3.05, 3.63) is 69.8 Å². The van der Waals surface area contributed by atoms with E-state index in [1.165, 1.54) is 21.9 Å². The predicted octanol–water partition coefficient (Wildman–Crippen LogP) is 8.54. The Morgan fingerprint density at radius 3 is 1.16 bits per heavy atom. The quantitative estimate of drug-likeness (QED) is 0.135. The number of hydrogen-bond acceptors (Lipinski definition) is 6. The summed E-state index contributed by atoms with van der Waals surface area (Å²) in [5, 5.41) is 43.9. The average Bonchev–Trinajstić information content (AvgIpc) is 3.03. The molecule has 0 unspecified atom stereocenters. The first-order chi connectivity index (χ1) is 21.0. The lowest BCUT2D eigenvalue weighted by molar-refractivity contribution is -0.0775. The molecule has 0 saturated heterocycles. The standard InChI is InChI=1S/C38H48N4O2/c1-9-37(10-2)39-31-19(5)13-15-23-25(17-21(7)33(41-37)27(23)31)29-35(43)30(36(29)44)26-18-22(8)34-28-24(26)16-14-20(6)32(28)40-38(11-3,12-4)42-34/h13-18,29-30,35-36,39-44H,9-12H2,1-8H3. The van der Waals surface area contributed by atoms with Gasteiger partial charge in [-0.15, -0.1) is 0 Å². The maximum absolute atomic E-state index is 12.0. The number of aliphatic hydroxyl groups is 2. The topological polar surface area (TPSA) is 88.6 Å². The maximum atomic E-state index is 12.0. The van der Waals surface area contributed by atoms with Crippen molar-refractivity contribution in [2.24, 2.45) is 0 Å². The van der Waals surface area contributed by atoms with Crippen LogP contribution in [0, 0.1) is 27.7 Å². The molecule has 6 heteroatoms. The van der Waals surface area contributed by atoms with Crippen LogP contribution in [0.5, 0.6) is 0 Å². The molecule has 44 heavy (non-hydrogen) atoms. The van der Waals surface area contributed by atoms with Crippen LogP contribution in [0.1, 0.15) is 98.6 Å². The number of aliphatic hydroxyl groups excluding tert-OH is 2. The molecule has 0 spiro atoms. The van der Waals surface area contributed by atoms with Gasteiger partial charge < -0.3 is 31.5 Å². The monoisotopic (exact) mass is 592 g/mol. The number of hydrogen-bond donors (Lipinski definition) is 6. The molecule has 4 aromatic carbocycles. The normalized spacial score (nSPS) is 24.2. The molecule has 7 rings (SSSR count). The number of nitrogens with one attached hydrogen (secondary N) is 4. The van der Waals surface area contributed by atoms with Crippen molar-refractivity contribution < 1.29 is 10.2 Å². The SMILES string of the molecule is CCC1(CC)Nc2c(C)ccc3c(C4C(O)C(c5cc(C)c6c7c(c(C)ccc57)NC(CC)(CC)N6)C4O)cc(C)c(c23)N1. The largest absolute Gasteiger partial charge is 0.392 e. The number of benzene rings is 4. The van der Waals surface area contributed by atoms with Gasteiger partial charge in [0, 0.05) is 45.4 Å². The van der Waals surface area contributed by atoms with Gasteiger partial charge in [-0.05, 0) is 97.5 Å². The molecule has 6 N–H and O–H groups in total. The highest BCUT2D eigenvalue weighted by Gasteiger charge is 2.52. The molecular formula is C38H48N4O2. The molecule has 3 aliphatic rings. The lowest BCUT2D eigenvalue weighted by atomic mass is 9.61. The fourth-order valence-corrected chi connectivity index (χ4v) is 8.44. The van der Waals surface area contributed by atoms with Gasteiger partial charge in [0.1, 0.15) is 11.3 Å². The minimum Gasteiger partial charge on any atom is -0.392 e. The van der Waals surface area contributed by atoms with E-state index in [2.05, 4.69) is 113 Å². The highest BCUT2D eigenvalue weighted by atomic mass is 16.3. The van der Waals surface area contributed by atoms with E-state index in [1.54, 1.807) is 0 Å². The number of aryl methyl sites for hydroxylation is 4. The van der Waals surface area contributed by atoms with Gasteiger partial charge in [-0.1, -0.05) is 64.1 Å². The van der Waals surface area contributed by atoms with Gasteiger partial charge in [0.25, 0.3) is 0 Å². The predicted molar refractivity (Wildman–Crippen MR) is 185 cm³/mol. The minimum atomic E-state index is -0.704. The van der Waals surface area contributed by atoms with Crippen molar-refractivity contribution in [3.8, 4) is 0 Å². The van der Waals surface area contributed by atoms with Gasteiger partial charge >= 0.3 is 0 Å². The Kier molecular flexibility index (Phi) is 6.66. The first kappa shape index (κ1) is 29.2. The van der Waals surface area contributed by atoms with Gasteiger partial charge in [-0.2, -0.15) is 0 Å². The van der Waals surface area contributed by atoms with Crippen LogP contribution in [0.4, 0.5) is 22.7 Å². The van der Waals surface area contributed by atoms with Crippen LogP contribution < -0.4 is 21.3 Å². The summed E-state index contributed by atoms with van der Waals surface area (Å²) < 4.78 is 0. The van der Waals surface area contributed by atoms with Crippen molar-refractivity contribution in [2.45, 2.75) is 116 Å². The Morgan fingerprint density at radius 1 is 0.523 bits per heavy atom. The first-order valence-corrected chi connectivity index (χ1v) is 16.6. The Balaban J connectivity index is 1.33. The minimum absolute atomic E-state index is 0.193. The summed E-state index contributed by atoms with van der Waals surface area (Å²) in [5.74, 6) is -0.742. The Labute approximate surface area is 261 Å². The highest BCUT2D eigenvalue weighted by Crippen LogP contribution is 2.55. The second-order valence-electron chi connectivity index (χ2n) is 13.8. The van der Waals surface area contributed by atoms with E-state index in [4.69, 9.17) is 0 Å². The van der Waals surface area contributed by atoms with Crippen LogP contribution in [-0.4, -0.2) is 33.7 Å². The van der Waals surface area contributed by atoms with Gasteiger partial charge in [-0.25, -0.2) is 0 Å². The zero-order valence-electron chi connectivity index (χ0n) is 27.5. The first-order valence-electron chi connectivity index (χ1n) is 16.6. The van der Waals surface area contributed by atoms with E-state index in [9.17, 15) is 10.2 Å². The molecule has 0 aromatic heterocycles. The van der Waals surface area contributed by atoms with E-state index in [1.807, 2.05) is 0 Å². The Morgan fingerprint density at radius 2 is 0.841 bits per heavy atom. The Hall–Kier alpha value is -3.48. The lowest BCUT2D eigenvalue weighted by Crippen LogP contribution is -2.52. The summed E-state index contributed by atoms with van der Waals surface area (Å²) in [7, 11) is 0.